The zero-order chi connectivity index (χ0) is 18.1. The molecule has 1 N–H and O–H groups in total. The van der Waals surface area contributed by atoms with Gasteiger partial charge >= 0.3 is 0 Å². The van der Waals surface area contributed by atoms with Crippen LogP contribution in [-0.4, -0.2) is 8.42 Å². The number of halogens is 3. The summed E-state index contributed by atoms with van der Waals surface area (Å²) in [5.41, 5.74) is 0.205. The van der Waals surface area contributed by atoms with Crippen molar-refractivity contribution in [1.82, 2.24) is 0 Å². The van der Waals surface area contributed by atoms with E-state index >= 15 is 0 Å². The minimum atomic E-state index is -4.11. The van der Waals surface area contributed by atoms with Crippen molar-refractivity contribution in [3.63, 3.8) is 0 Å². The van der Waals surface area contributed by atoms with Gasteiger partial charge < -0.3 is 0 Å². The molecule has 0 aliphatic rings. The van der Waals surface area contributed by atoms with E-state index in [0.29, 0.717) is 6.07 Å². The number of rotatable bonds is 5. The lowest BCUT2D eigenvalue weighted by Gasteiger charge is -2.23. The van der Waals surface area contributed by atoms with Gasteiger partial charge in [-0.2, -0.15) is 0 Å². The fraction of sp³-hybridized carbons (Fsp3) is 0.294. The third-order valence-corrected chi connectivity index (χ3v) is 5.49. The van der Waals surface area contributed by atoms with E-state index in [2.05, 4.69) is 0 Å². The van der Waals surface area contributed by atoms with Crippen LogP contribution in [0.15, 0.2) is 41.3 Å². The normalized spacial score (nSPS) is 12.2. The van der Waals surface area contributed by atoms with Crippen molar-refractivity contribution in [2.24, 2.45) is 0 Å². The van der Waals surface area contributed by atoms with Crippen molar-refractivity contribution >= 4 is 15.7 Å². The molecule has 0 amide bonds. The van der Waals surface area contributed by atoms with Crippen LogP contribution >= 0.6 is 0 Å². The van der Waals surface area contributed by atoms with Gasteiger partial charge in [-0.25, -0.2) is 21.6 Å². The molecule has 0 spiro atoms. The Morgan fingerprint density at radius 3 is 2.08 bits per heavy atom. The smallest absolute Gasteiger partial charge is 0.261 e. The van der Waals surface area contributed by atoms with E-state index in [-0.39, 0.29) is 10.3 Å². The number of anilines is 1. The molecule has 24 heavy (non-hydrogen) atoms. The van der Waals surface area contributed by atoms with Gasteiger partial charge in [0.1, 0.15) is 0 Å². The molecule has 0 bridgehead atoms. The lowest BCUT2D eigenvalue weighted by molar-refractivity contribution is 0.449. The topological polar surface area (TPSA) is 46.2 Å². The maximum absolute atomic E-state index is 13.6. The lowest BCUT2D eigenvalue weighted by Crippen LogP contribution is -2.17. The number of sulfonamides is 1. The first-order valence-electron chi connectivity index (χ1n) is 7.35. The first kappa shape index (κ1) is 18.3. The van der Waals surface area contributed by atoms with Gasteiger partial charge in [0.2, 0.25) is 0 Å². The van der Waals surface area contributed by atoms with E-state index in [4.69, 9.17) is 0 Å². The van der Waals surface area contributed by atoms with Crippen LogP contribution in [0.3, 0.4) is 0 Å². The third kappa shape index (κ3) is 3.56. The number of hydrogen-bond donors (Lipinski definition) is 1. The maximum Gasteiger partial charge on any atom is 0.261 e. The molecule has 0 unspecified atom stereocenters. The van der Waals surface area contributed by atoms with Crippen molar-refractivity contribution in [2.45, 2.75) is 37.5 Å². The van der Waals surface area contributed by atoms with Crippen molar-refractivity contribution in [3.8, 4) is 0 Å². The van der Waals surface area contributed by atoms with Gasteiger partial charge in [-0.3, -0.25) is 4.72 Å². The van der Waals surface area contributed by atoms with Crippen LogP contribution in [0.4, 0.5) is 18.9 Å². The van der Waals surface area contributed by atoms with Gasteiger partial charge in [-0.1, -0.05) is 32.9 Å². The van der Waals surface area contributed by atoms with Crippen molar-refractivity contribution in [1.29, 1.82) is 0 Å². The molecule has 0 radical (unpaired) electrons. The van der Waals surface area contributed by atoms with E-state index in [1.807, 2.05) is 25.5 Å². The second-order valence-corrected chi connectivity index (χ2v) is 7.77. The summed E-state index contributed by atoms with van der Waals surface area (Å²) in [5, 5.41) is 0. The quantitative estimate of drug-likeness (QED) is 0.796. The molecule has 2 aromatic carbocycles. The monoisotopic (exact) mass is 357 g/mol. The molecule has 0 saturated heterocycles. The highest BCUT2D eigenvalue weighted by atomic mass is 32.2. The molecule has 0 aromatic heterocycles. The summed E-state index contributed by atoms with van der Waals surface area (Å²) >= 11 is 0. The molecular formula is C17H18F3NO2S. The third-order valence-electron chi connectivity index (χ3n) is 4.11. The second-order valence-electron chi connectivity index (χ2n) is 6.09. The summed E-state index contributed by atoms with van der Waals surface area (Å²) in [6, 6.07) is 7.64. The Hall–Kier alpha value is -2.02. The Morgan fingerprint density at radius 1 is 0.958 bits per heavy atom. The van der Waals surface area contributed by atoms with E-state index in [1.165, 1.54) is 12.1 Å². The molecule has 2 aromatic rings. The van der Waals surface area contributed by atoms with Gasteiger partial charge in [0.25, 0.3) is 10.0 Å². The molecular weight excluding hydrogens is 339 g/mol. The Morgan fingerprint density at radius 2 is 1.54 bits per heavy atom. The second kappa shape index (κ2) is 6.47. The van der Waals surface area contributed by atoms with Crippen LogP contribution in [0.5, 0.6) is 0 Å². The average molecular weight is 357 g/mol. The summed E-state index contributed by atoms with van der Waals surface area (Å²) in [6.07, 6.45) is 0.872. The molecule has 0 heterocycles. The zero-order valence-corrected chi connectivity index (χ0v) is 14.3. The molecule has 0 atom stereocenters. The largest absolute Gasteiger partial charge is 0.277 e. The highest BCUT2D eigenvalue weighted by molar-refractivity contribution is 7.92. The van der Waals surface area contributed by atoms with Crippen molar-refractivity contribution < 1.29 is 21.6 Å². The van der Waals surface area contributed by atoms with Gasteiger partial charge in [0, 0.05) is 0 Å². The summed E-state index contributed by atoms with van der Waals surface area (Å²) in [5.74, 6) is -4.70. The van der Waals surface area contributed by atoms with E-state index in [1.54, 1.807) is 12.1 Å². The van der Waals surface area contributed by atoms with Crippen LogP contribution in [0.1, 0.15) is 32.8 Å². The Balaban J connectivity index is 2.33. The Bertz CT molecular complexity index is 847. The highest BCUT2D eigenvalue weighted by Gasteiger charge is 2.22. The minimum Gasteiger partial charge on any atom is -0.277 e. The Labute approximate surface area is 139 Å². The zero-order valence-electron chi connectivity index (χ0n) is 13.5. The van der Waals surface area contributed by atoms with Crippen LogP contribution in [-0.2, 0) is 15.4 Å². The number of nitrogens with one attached hydrogen (secondary N) is 1. The number of hydrogen-bond acceptors (Lipinski definition) is 2. The van der Waals surface area contributed by atoms with Crippen LogP contribution in [0, 0.1) is 17.5 Å². The summed E-state index contributed by atoms with van der Waals surface area (Å²) in [6.45, 7) is 6.09. The Kier molecular flexibility index (Phi) is 4.94. The molecule has 0 aliphatic carbocycles. The van der Waals surface area contributed by atoms with E-state index in [9.17, 15) is 21.6 Å². The fourth-order valence-electron chi connectivity index (χ4n) is 2.10. The van der Waals surface area contributed by atoms with Crippen LogP contribution in [0.25, 0.3) is 0 Å². The van der Waals surface area contributed by atoms with Gasteiger partial charge in [-0.05, 0) is 41.7 Å². The summed E-state index contributed by atoms with van der Waals surface area (Å²) in [4.78, 5) is -0.0951. The van der Waals surface area contributed by atoms with Gasteiger partial charge in [0.15, 0.2) is 17.5 Å². The minimum absolute atomic E-state index is 0.0951. The number of benzene rings is 2. The van der Waals surface area contributed by atoms with Crippen LogP contribution in [0.2, 0.25) is 0 Å². The van der Waals surface area contributed by atoms with E-state index < -0.39 is 33.2 Å². The lowest BCUT2D eigenvalue weighted by atomic mass is 9.82. The van der Waals surface area contributed by atoms with Gasteiger partial charge in [-0.15, -0.1) is 0 Å². The van der Waals surface area contributed by atoms with Gasteiger partial charge in [0.05, 0.1) is 10.6 Å². The fourth-order valence-corrected chi connectivity index (χ4v) is 3.16. The summed E-state index contributed by atoms with van der Waals surface area (Å²) < 4.78 is 66.3. The molecule has 130 valence electrons. The molecule has 3 nitrogen and oxygen atoms in total. The predicted octanol–water partition coefficient (Wildman–Crippen LogP) is 4.59. The standard InChI is InChI=1S/C17H18F3NO2S/c1-4-17(2,3)11-5-7-12(8-6-11)24(22,23)21-14-10-9-13(18)15(19)16(14)20/h5-10,21H,4H2,1-3H3. The highest BCUT2D eigenvalue weighted by Crippen LogP contribution is 2.28. The van der Waals surface area contributed by atoms with E-state index in [0.717, 1.165) is 18.1 Å². The molecule has 0 aliphatic heterocycles. The van der Waals surface area contributed by atoms with Crippen molar-refractivity contribution in [3.05, 3.63) is 59.4 Å². The SMILES string of the molecule is CCC(C)(C)c1ccc(S(=O)(=O)Nc2ccc(F)c(F)c2F)cc1. The summed E-state index contributed by atoms with van der Waals surface area (Å²) in [7, 11) is -4.11. The van der Waals surface area contributed by atoms with Crippen LogP contribution < -0.4 is 4.72 Å². The average Bonchev–Trinajstić information content (AvgIpc) is 2.55. The molecule has 2 rings (SSSR count). The first-order chi connectivity index (χ1) is 11.1. The molecule has 0 saturated carbocycles. The maximum atomic E-state index is 13.6. The van der Waals surface area contributed by atoms with Crippen molar-refractivity contribution in [2.75, 3.05) is 4.72 Å². The first-order valence-corrected chi connectivity index (χ1v) is 8.83. The molecule has 0 fully saturated rings. The molecule has 7 heteroatoms. The predicted molar refractivity (Wildman–Crippen MR) is 86.9 cm³/mol.